The van der Waals surface area contributed by atoms with Gasteiger partial charge in [0.2, 0.25) is 5.91 Å². The lowest BCUT2D eigenvalue weighted by molar-refractivity contribution is -0.124. The minimum absolute atomic E-state index is 0.254. The van der Waals surface area contributed by atoms with Crippen molar-refractivity contribution in [3.05, 3.63) is 53.1 Å². The van der Waals surface area contributed by atoms with E-state index in [4.69, 9.17) is 0 Å². The second-order valence-electron chi connectivity index (χ2n) is 8.85. The Hall–Kier alpha value is -2.71. The Morgan fingerprint density at radius 2 is 1.83 bits per heavy atom. The number of amides is 2. The minimum Gasteiger partial charge on any atom is -0.380 e. The second-order valence-corrected chi connectivity index (χ2v) is 8.85. The summed E-state index contributed by atoms with van der Waals surface area (Å²) in [6.07, 6.45) is -0.938. The summed E-state index contributed by atoms with van der Waals surface area (Å²) in [7, 11) is 3.53. The molecule has 0 aliphatic carbocycles. The van der Waals surface area contributed by atoms with Crippen molar-refractivity contribution >= 4 is 11.8 Å². The zero-order valence-electron chi connectivity index (χ0n) is 18.3. The van der Waals surface area contributed by atoms with Gasteiger partial charge in [-0.3, -0.25) is 14.5 Å². The summed E-state index contributed by atoms with van der Waals surface area (Å²) in [5.41, 5.74) is 1.24. The molecule has 0 radical (unpaired) electrons. The number of fused-ring (bicyclic) bond motifs is 1. The van der Waals surface area contributed by atoms with E-state index in [0.717, 1.165) is 12.2 Å². The molecule has 1 unspecified atom stereocenters. The SMILES string of the molecule is CNC(=O)C(NC(=O)c1nc([C@@H](O)c2ccccc2)n2c1CN(C)CC2)C(C)(C)C. The first-order chi connectivity index (χ1) is 14.1. The number of hydrogen-bond donors (Lipinski definition) is 3. The molecule has 3 rings (SSSR count). The lowest BCUT2D eigenvalue weighted by Crippen LogP contribution is -2.53. The van der Waals surface area contributed by atoms with Gasteiger partial charge in [0.1, 0.15) is 18.0 Å². The molecule has 8 nitrogen and oxygen atoms in total. The number of aromatic nitrogens is 2. The molecule has 0 fully saturated rings. The van der Waals surface area contributed by atoms with E-state index in [0.29, 0.717) is 24.5 Å². The fourth-order valence-corrected chi connectivity index (χ4v) is 3.71. The number of carbonyl (C=O) groups is 2. The van der Waals surface area contributed by atoms with Gasteiger partial charge in [0.05, 0.1) is 5.69 Å². The normalized spacial score (nSPS) is 16.5. The molecule has 1 aromatic heterocycles. The minimum atomic E-state index is -0.938. The van der Waals surface area contributed by atoms with Crippen molar-refractivity contribution in [2.75, 3.05) is 20.6 Å². The van der Waals surface area contributed by atoms with Crippen molar-refractivity contribution in [1.82, 2.24) is 25.1 Å². The van der Waals surface area contributed by atoms with E-state index in [1.807, 2.05) is 62.7 Å². The van der Waals surface area contributed by atoms with Crippen LogP contribution in [-0.2, 0) is 17.9 Å². The second kappa shape index (κ2) is 8.57. The largest absolute Gasteiger partial charge is 0.380 e. The molecule has 2 aromatic rings. The van der Waals surface area contributed by atoms with Gasteiger partial charge in [0.25, 0.3) is 5.91 Å². The molecule has 8 heteroatoms. The molecule has 1 aromatic carbocycles. The zero-order chi connectivity index (χ0) is 22.1. The zero-order valence-corrected chi connectivity index (χ0v) is 18.3. The molecule has 2 amide bonds. The maximum absolute atomic E-state index is 13.2. The molecule has 1 aliphatic heterocycles. The van der Waals surface area contributed by atoms with E-state index in [1.165, 1.54) is 0 Å². The molecule has 3 N–H and O–H groups in total. The molecule has 2 heterocycles. The number of aliphatic hydroxyl groups excluding tert-OH is 1. The van der Waals surface area contributed by atoms with E-state index in [1.54, 1.807) is 7.05 Å². The predicted octanol–water partition coefficient (Wildman–Crippen LogP) is 1.30. The third kappa shape index (κ3) is 4.39. The first kappa shape index (κ1) is 22.0. The average molecular weight is 414 g/mol. The van der Waals surface area contributed by atoms with Gasteiger partial charge in [0, 0.05) is 26.7 Å². The molecule has 1 aliphatic rings. The number of benzene rings is 1. The van der Waals surface area contributed by atoms with E-state index in [9.17, 15) is 14.7 Å². The van der Waals surface area contributed by atoms with Crippen molar-refractivity contribution in [1.29, 1.82) is 0 Å². The Balaban J connectivity index is 1.99. The van der Waals surface area contributed by atoms with Crippen LogP contribution in [0.25, 0.3) is 0 Å². The smallest absolute Gasteiger partial charge is 0.272 e. The van der Waals surface area contributed by atoms with Crippen LogP contribution >= 0.6 is 0 Å². The number of aliphatic hydroxyl groups is 1. The molecule has 162 valence electrons. The van der Waals surface area contributed by atoms with Crippen LogP contribution < -0.4 is 10.6 Å². The molecule has 0 saturated heterocycles. The van der Waals surface area contributed by atoms with Crippen molar-refractivity contribution in [3.63, 3.8) is 0 Å². The standard InChI is InChI=1S/C22H31N5O3/c1-22(2,3)18(21(30)23-4)25-20(29)16-15-13-26(5)11-12-27(15)19(24-16)17(28)14-9-7-6-8-10-14/h6-10,17-18,28H,11-13H2,1-5H3,(H,23,30)(H,25,29)/t17-,18?/m0/s1. The predicted molar refractivity (Wildman–Crippen MR) is 114 cm³/mol. The first-order valence-corrected chi connectivity index (χ1v) is 10.2. The Morgan fingerprint density at radius 1 is 1.17 bits per heavy atom. The summed E-state index contributed by atoms with van der Waals surface area (Å²) in [5, 5.41) is 16.4. The molecule has 0 saturated carbocycles. The lowest BCUT2D eigenvalue weighted by Gasteiger charge is -2.30. The monoisotopic (exact) mass is 413 g/mol. The molecule has 30 heavy (non-hydrogen) atoms. The highest BCUT2D eigenvalue weighted by atomic mass is 16.3. The number of hydrogen-bond acceptors (Lipinski definition) is 5. The average Bonchev–Trinajstić information content (AvgIpc) is 3.09. The van der Waals surface area contributed by atoms with E-state index in [-0.39, 0.29) is 11.6 Å². The maximum Gasteiger partial charge on any atom is 0.272 e. The number of carbonyl (C=O) groups excluding carboxylic acids is 2. The van der Waals surface area contributed by atoms with Gasteiger partial charge in [-0.1, -0.05) is 51.1 Å². The Labute approximate surface area is 177 Å². The van der Waals surface area contributed by atoms with Crippen molar-refractivity contribution in [3.8, 4) is 0 Å². The van der Waals surface area contributed by atoms with Crippen LogP contribution in [0.4, 0.5) is 0 Å². The van der Waals surface area contributed by atoms with Crippen LogP contribution in [0.15, 0.2) is 30.3 Å². The van der Waals surface area contributed by atoms with Gasteiger partial charge in [-0.2, -0.15) is 0 Å². The number of imidazole rings is 1. The molecule has 0 spiro atoms. The Morgan fingerprint density at radius 3 is 2.43 bits per heavy atom. The van der Waals surface area contributed by atoms with Gasteiger partial charge in [-0.25, -0.2) is 4.98 Å². The number of nitrogens with zero attached hydrogens (tertiary/aromatic N) is 3. The number of rotatable bonds is 5. The Bertz CT molecular complexity index is 917. The first-order valence-electron chi connectivity index (χ1n) is 10.2. The van der Waals surface area contributed by atoms with Gasteiger partial charge < -0.3 is 20.3 Å². The fraction of sp³-hybridized carbons (Fsp3) is 0.500. The Kier molecular flexibility index (Phi) is 6.28. The summed E-state index contributed by atoms with van der Waals surface area (Å²) in [6, 6.07) is 8.56. The van der Waals surface area contributed by atoms with Gasteiger partial charge >= 0.3 is 0 Å². The van der Waals surface area contributed by atoms with Crippen LogP contribution in [0, 0.1) is 5.41 Å². The van der Waals surface area contributed by atoms with Gasteiger partial charge in [0.15, 0.2) is 5.69 Å². The van der Waals surface area contributed by atoms with Crippen LogP contribution in [0.3, 0.4) is 0 Å². The topological polar surface area (TPSA) is 99.5 Å². The third-order valence-electron chi connectivity index (χ3n) is 5.45. The van der Waals surface area contributed by atoms with Crippen molar-refractivity contribution < 1.29 is 14.7 Å². The number of likely N-dealkylation sites (N-methyl/N-ethyl adjacent to an activating group) is 2. The van der Waals surface area contributed by atoms with Crippen LogP contribution in [0.2, 0.25) is 0 Å². The molecular formula is C22H31N5O3. The summed E-state index contributed by atoms with van der Waals surface area (Å²) in [6.45, 7) is 7.65. The van der Waals surface area contributed by atoms with Crippen LogP contribution in [-0.4, -0.2) is 58.1 Å². The quantitative estimate of drug-likeness (QED) is 0.686. The van der Waals surface area contributed by atoms with Crippen molar-refractivity contribution in [2.24, 2.45) is 5.41 Å². The van der Waals surface area contributed by atoms with Crippen LogP contribution in [0.5, 0.6) is 0 Å². The summed E-state index contributed by atoms with van der Waals surface area (Å²) < 4.78 is 1.93. The highest BCUT2D eigenvalue weighted by Gasteiger charge is 2.35. The summed E-state index contributed by atoms with van der Waals surface area (Å²) >= 11 is 0. The van der Waals surface area contributed by atoms with E-state index >= 15 is 0 Å². The third-order valence-corrected chi connectivity index (χ3v) is 5.45. The van der Waals surface area contributed by atoms with E-state index in [2.05, 4.69) is 20.5 Å². The number of nitrogens with one attached hydrogen (secondary N) is 2. The fourth-order valence-electron chi connectivity index (χ4n) is 3.71. The molecule has 0 bridgehead atoms. The lowest BCUT2D eigenvalue weighted by atomic mass is 9.86. The molecule has 2 atom stereocenters. The van der Waals surface area contributed by atoms with E-state index < -0.39 is 23.5 Å². The summed E-state index contributed by atoms with van der Waals surface area (Å²) in [5.74, 6) is -0.226. The molecular weight excluding hydrogens is 382 g/mol. The highest BCUT2D eigenvalue weighted by molar-refractivity contribution is 5.97. The van der Waals surface area contributed by atoms with Gasteiger partial charge in [-0.05, 0) is 18.0 Å². The van der Waals surface area contributed by atoms with Gasteiger partial charge in [-0.15, -0.1) is 0 Å². The summed E-state index contributed by atoms with van der Waals surface area (Å²) in [4.78, 5) is 32.2. The highest BCUT2D eigenvalue weighted by Crippen LogP contribution is 2.27. The van der Waals surface area contributed by atoms with Crippen molar-refractivity contribution in [2.45, 2.75) is 46.0 Å². The maximum atomic E-state index is 13.2. The van der Waals surface area contributed by atoms with Crippen LogP contribution in [0.1, 0.15) is 54.4 Å².